The summed E-state index contributed by atoms with van der Waals surface area (Å²) in [5.74, 6) is 0.0171. The van der Waals surface area contributed by atoms with Crippen LogP contribution in [0.25, 0.3) is 0 Å². The van der Waals surface area contributed by atoms with Crippen LogP contribution < -0.4 is 0 Å². The summed E-state index contributed by atoms with van der Waals surface area (Å²) in [6, 6.07) is 13.1. The van der Waals surface area contributed by atoms with E-state index in [9.17, 15) is 5.11 Å². The lowest BCUT2D eigenvalue weighted by atomic mass is 10.0. The molecule has 0 heterocycles. The van der Waals surface area contributed by atoms with Crippen LogP contribution in [-0.2, 0) is 6.42 Å². The minimum absolute atomic E-state index is 0.0171. The van der Waals surface area contributed by atoms with Gasteiger partial charge in [-0.3, -0.25) is 0 Å². The summed E-state index contributed by atoms with van der Waals surface area (Å²) in [7, 11) is 0. The molecule has 2 aromatic carbocycles. The second kappa shape index (κ2) is 4.77. The first-order valence-electron chi connectivity index (χ1n) is 4.87. The zero-order valence-electron chi connectivity index (χ0n) is 8.45. The summed E-state index contributed by atoms with van der Waals surface area (Å²) in [6.07, 6.45) is 0.708. The van der Waals surface area contributed by atoms with Crippen molar-refractivity contribution in [3.63, 3.8) is 0 Å². The molecule has 2 aromatic rings. The molecule has 82 valence electrons. The van der Waals surface area contributed by atoms with Crippen molar-refractivity contribution < 1.29 is 5.11 Å². The Morgan fingerprint density at radius 2 is 1.62 bits per heavy atom. The third kappa shape index (κ3) is 2.49. The van der Waals surface area contributed by atoms with Crippen molar-refractivity contribution >= 4 is 23.2 Å². The number of hydrogen-bond donors (Lipinski definition) is 1. The van der Waals surface area contributed by atoms with Gasteiger partial charge < -0.3 is 5.11 Å². The lowest BCUT2D eigenvalue weighted by Crippen LogP contribution is -1.89. The van der Waals surface area contributed by atoms with Crippen LogP contribution in [-0.4, -0.2) is 5.11 Å². The smallest absolute Gasteiger partial charge is 0.135 e. The molecule has 0 aliphatic carbocycles. The highest BCUT2D eigenvalue weighted by Gasteiger charge is 2.06. The van der Waals surface area contributed by atoms with Crippen LogP contribution in [0, 0.1) is 0 Å². The van der Waals surface area contributed by atoms with E-state index < -0.39 is 0 Å². The predicted octanol–water partition coefficient (Wildman–Crippen LogP) is 4.29. The number of aromatic hydroxyl groups is 1. The Kier molecular flexibility index (Phi) is 3.37. The molecule has 0 saturated heterocycles. The standard InChI is InChI=1S/C13H10Cl2O/c14-11-8-13(16)12(15)7-10(11)6-9-4-2-1-3-5-9/h1-5,7-8,16H,6H2. The molecule has 0 saturated carbocycles. The Hall–Kier alpha value is -1.18. The first-order valence-corrected chi connectivity index (χ1v) is 5.63. The Morgan fingerprint density at radius 3 is 2.31 bits per heavy atom. The number of hydrogen-bond acceptors (Lipinski definition) is 1. The van der Waals surface area contributed by atoms with Gasteiger partial charge in [-0.15, -0.1) is 0 Å². The van der Waals surface area contributed by atoms with Crippen molar-refractivity contribution in [2.75, 3.05) is 0 Å². The first kappa shape index (κ1) is 11.3. The zero-order chi connectivity index (χ0) is 11.5. The maximum absolute atomic E-state index is 9.37. The quantitative estimate of drug-likeness (QED) is 0.846. The molecule has 0 aromatic heterocycles. The van der Waals surface area contributed by atoms with E-state index in [0.29, 0.717) is 16.5 Å². The SMILES string of the molecule is Oc1cc(Cl)c(Cc2ccccc2)cc1Cl. The van der Waals surface area contributed by atoms with Gasteiger partial charge in [0.2, 0.25) is 0 Å². The molecule has 1 N–H and O–H groups in total. The molecule has 16 heavy (non-hydrogen) atoms. The van der Waals surface area contributed by atoms with Crippen LogP contribution in [0.1, 0.15) is 11.1 Å². The maximum Gasteiger partial charge on any atom is 0.135 e. The van der Waals surface area contributed by atoms with E-state index >= 15 is 0 Å². The van der Waals surface area contributed by atoms with Crippen LogP contribution in [0.15, 0.2) is 42.5 Å². The van der Waals surface area contributed by atoms with Gasteiger partial charge in [0, 0.05) is 11.1 Å². The van der Waals surface area contributed by atoms with E-state index in [1.165, 1.54) is 6.07 Å². The first-order chi connectivity index (χ1) is 7.66. The Morgan fingerprint density at radius 1 is 0.938 bits per heavy atom. The summed E-state index contributed by atoms with van der Waals surface area (Å²) in [4.78, 5) is 0. The van der Waals surface area contributed by atoms with Crippen molar-refractivity contribution in [2.24, 2.45) is 0 Å². The van der Waals surface area contributed by atoms with Gasteiger partial charge in [-0.05, 0) is 23.6 Å². The van der Waals surface area contributed by atoms with Crippen molar-refractivity contribution in [3.05, 3.63) is 63.6 Å². The summed E-state index contributed by atoms with van der Waals surface area (Å²) in [5.41, 5.74) is 2.07. The van der Waals surface area contributed by atoms with Crippen molar-refractivity contribution in [2.45, 2.75) is 6.42 Å². The molecule has 0 atom stereocenters. The number of benzene rings is 2. The average molecular weight is 253 g/mol. The lowest BCUT2D eigenvalue weighted by Gasteiger charge is -2.06. The third-order valence-corrected chi connectivity index (χ3v) is 3.01. The molecule has 1 nitrogen and oxygen atoms in total. The summed E-state index contributed by atoms with van der Waals surface area (Å²) in [5, 5.41) is 10.2. The van der Waals surface area contributed by atoms with Gasteiger partial charge in [0.05, 0.1) is 5.02 Å². The molecule has 0 fully saturated rings. The topological polar surface area (TPSA) is 20.2 Å². The molecule has 0 bridgehead atoms. The van der Waals surface area contributed by atoms with Crippen LogP contribution >= 0.6 is 23.2 Å². The fourth-order valence-corrected chi connectivity index (χ4v) is 1.94. The van der Waals surface area contributed by atoms with E-state index in [1.807, 2.05) is 30.3 Å². The fraction of sp³-hybridized carbons (Fsp3) is 0.0769. The third-order valence-electron chi connectivity index (χ3n) is 2.35. The highest BCUT2D eigenvalue weighted by atomic mass is 35.5. The maximum atomic E-state index is 9.37. The van der Waals surface area contributed by atoms with Gasteiger partial charge in [0.1, 0.15) is 5.75 Å². The number of rotatable bonds is 2. The number of phenols is 1. The summed E-state index contributed by atoms with van der Waals surface area (Å²) in [6.45, 7) is 0. The van der Waals surface area contributed by atoms with E-state index in [1.54, 1.807) is 6.07 Å². The normalized spacial score (nSPS) is 10.4. The minimum Gasteiger partial charge on any atom is -0.506 e. The molecular weight excluding hydrogens is 243 g/mol. The molecule has 0 aliphatic rings. The molecule has 3 heteroatoms. The molecular formula is C13H10Cl2O. The zero-order valence-corrected chi connectivity index (χ0v) is 9.96. The fourth-order valence-electron chi connectivity index (χ4n) is 1.53. The van der Waals surface area contributed by atoms with Gasteiger partial charge in [-0.2, -0.15) is 0 Å². The number of phenolic OH excluding ortho intramolecular Hbond substituents is 1. The minimum atomic E-state index is 0.0171. The highest BCUT2D eigenvalue weighted by molar-refractivity contribution is 6.34. The molecule has 0 aliphatic heterocycles. The molecule has 0 radical (unpaired) electrons. The van der Waals surface area contributed by atoms with Crippen molar-refractivity contribution in [1.29, 1.82) is 0 Å². The van der Waals surface area contributed by atoms with Crippen LogP contribution in [0.2, 0.25) is 10.0 Å². The van der Waals surface area contributed by atoms with Gasteiger partial charge in [0.15, 0.2) is 0 Å². The van der Waals surface area contributed by atoms with Crippen LogP contribution in [0.5, 0.6) is 5.75 Å². The lowest BCUT2D eigenvalue weighted by molar-refractivity contribution is 0.475. The Balaban J connectivity index is 2.32. The number of halogens is 2. The molecule has 0 spiro atoms. The highest BCUT2D eigenvalue weighted by Crippen LogP contribution is 2.31. The molecule has 0 unspecified atom stereocenters. The van der Waals surface area contributed by atoms with Gasteiger partial charge in [-0.25, -0.2) is 0 Å². The summed E-state index contributed by atoms with van der Waals surface area (Å²) < 4.78 is 0. The average Bonchev–Trinajstić information content (AvgIpc) is 2.27. The van der Waals surface area contributed by atoms with E-state index in [2.05, 4.69) is 0 Å². The van der Waals surface area contributed by atoms with Crippen LogP contribution in [0.3, 0.4) is 0 Å². The van der Waals surface area contributed by atoms with Gasteiger partial charge in [-0.1, -0.05) is 53.5 Å². The monoisotopic (exact) mass is 252 g/mol. The second-order valence-electron chi connectivity index (χ2n) is 3.56. The van der Waals surface area contributed by atoms with Crippen molar-refractivity contribution in [1.82, 2.24) is 0 Å². The van der Waals surface area contributed by atoms with E-state index in [4.69, 9.17) is 23.2 Å². The second-order valence-corrected chi connectivity index (χ2v) is 4.37. The largest absolute Gasteiger partial charge is 0.506 e. The van der Waals surface area contributed by atoms with Gasteiger partial charge >= 0.3 is 0 Å². The van der Waals surface area contributed by atoms with Crippen molar-refractivity contribution in [3.8, 4) is 5.75 Å². The van der Waals surface area contributed by atoms with Crippen LogP contribution in [0.4, 0.5) is 0 Å². The summed E-state index contributed by atoms with van der Waals surface area (Å²) >= 11 is 11.9. The Bertz CT molecular complexity index is 495. The Labute approximate surface area is 104 Å². The molecule has 2 rings (SSSR count). The van der Waals surface area contributed by atoms with E-state index in [0.717, 1.165) is 11.1 Å². The molecule has 0 amide bonds. The van der Waals surface area contributed by atoms with E-state index in [-0.39, 0.29) is 5.75 Å². The van der Waals surface area contributed by atoms with Gasteiger partial charge in [0.25, 0.3) is 0 Å². The predicted molar refractivity (Wildman–Crippen MR) is 67.4 cm³/mol.